The molecule has 0 aromatic carbocycles. The first-order chi connectivity index (χ1) is 9.20. The van der Waals surface area contributed by atoms with Crippen molar-refractivity contribution >= 4 is 0 Å². The van der Waals surface area contributed by atoms with Gasteiger partial charge < -0.3 is 15.1 Å². The molecule has 3 heteroatoms. The Balaban J connectivity index is 1.78. The number of hydrogen-bond donors (Lipinski definition) is 1. The summed E-state index contributed by atoms with van der Waals surface area (Å²) in [6.07, 6.45) is 8.25. The van der Waals surface area contributed by atoms with Gasteiger partial charge in [0.25, 0.3) is 0 Å². The van der Waals surface area contributed by atoms with Crippen LogP contribution in [0, 0.1) is 5.92 Å². The van der Waals surface area contributed by atoms with Gasteiger partial charge in [-0.05, 0) is 65.2 Å². The Morgan fingerprint density at radius 2 is 2.05 bits per heavy atom. The molecule has 3 nitrogen and oxygen atoms in total. The smallest absolute Gasteiger partial charge is 0.0220 e. The first kappa shape index (κ1) is 15.3. The molecule has 1 saturated carbocycles. The predicted molar refractivity (Wildman–Crippen MR) is 82.6 cm³/mol. The zero-order chi connectivity index (χ0) is 13.7. The Labute approximate surface area is 119 Å². The molecular formula is C16H33N3. The van der Waals surface area contributed by atoms with E-state index in [-0.39, 0.29) is 0 Å². The molecular weight excluding hydrogens is 234 g/mol. The molecule has 2 rings (SSSR count). The van der Waals surface area contributed by atoms with Crippen LogP contribution >= 0.6 is 0 Å². The van der Waals surface area contributed by atoms with Gasteiger partial charge in [-0.1, -0.05) is 13.3 Å². The second-order valence-corrected chi connectivity index (χ2v) is 6.75. The second-order valence-electron chi connectivity index (χ2n) is 6.75. The van der Waals surface area contributed by atoms with Gasteiger partial charge in [0.1, 0.15) is 0 Å². The molecule has 3 unspecified atom stereocenters. The van der Waals surface area contributed by atoms with E-state index >= 15 is 0 Å². The molecule has 112 valence electrons. The van der Waals surface area contributed by atoms with Crippen molar-refractivity contribution in [3.63, 3.8) is 0 Å². The molecule has 1 N–H and O–H groups in total. The average Bonchev–Trinajstić information content (AvgIpc) is 2.83. The summed E-state index contributed by atoms with van der Waals surface area (Å²) < 4.78 is 0. The maximum absolute atomic E-state index is 3.76. The fourth-order valence-corrected chi connectivity index (χ4v) is 3.87. The fourth-order valence-electron chi connectivity index (χ4n) is 3.87. The number of nitrogens with zero attached hydrogens (tertiary/aromatic N) is 2. The standard InChI is InChI=1S/C16H33N3/c1-4-10-17-16-9-5-7-14(16)12-19(3)15-8-6-11-18(2)13-15/h14-17H,4-13H2,1-3H3. The Morgan fingerprint density at radius 3 is 2.79 bits per heavy atom. The lowest BCUT2D eigenvalue weighted by atomic mass is 9.99. The van der Waals surface area contributed by atoms with E-state index < -0.39 is 0 Å². The molecule has 19 heavy (non-hydrogen) atoms. The maximum atomic E-state index is 3.76. The van der Waals surface area contributed by atoms with Crippen molar-refractivity contribution in [2.45, 2.75) is 57.5 Å². The van der Waals surface area contributed by atoms with E-state index in [1.165, 1.54) is 64.7 Å². The van der Waals surface area contributed by atoms with Crippen LogP contribution in [-0.2, 0) is 0 Å². The Morgan fingerprint density at radius 1 is 1.21 bits per heavy atom. The molecule has 1 aliphatic carbocycles. The summed E-state index contributed by atoms with van der Waals surface area (Å²) in [7, 11) is 4.61. The minimum atomic E-state index is 0.781. The van der Waals surface area contributed by atoms with Gasteiger partial charge in [0.05, 0.1) is 0 Å². The first-order valence-corrected chi connectivity index (χ1v) is 8.33. The largest absolute Gasteiger partial charge is 0.314 e. The lowest BCUT2D eigenvalue weighted by Crippen LogP contribution is -2.48. The third-order valence-electron chi connectivity index (χ3n) is 5.06. The van der Waals surface area contributed by atoms with Gasteiger partial charge in [0.15, 0.2) is 0 Å². The van der Waals surface area contributed by atoms with E-state index in [9.17, 15) is 0 Å². The number of likely N-dealkylation sites (tertiary alicyclic amines) is 1. The Bertz CT molecular complexity index is 256. The summed E-state index contributed by atoms with van der Waals surface area (Å²) in [6.45, 7) is 7.29. The normalized spacial score (nSPS) is 33.2. The van der Waals surface area contributed by atoms with Gasteiger partial charge in [0.2, 0.25) is 0 Å². The highest BCUT2D eigenvalue weighted by Crippen LogP contribution is 2.27. The summed E-state index contributed by atoms with van der Waals surface area (Å²) >= 11 is 0. The van der Waals surface area contributed by atoms with Crippen LogP contribution in [-0.4, -0.2) is 62.2 Å². The second kappa shape index (κ2) is 7.61. The van der Waals surface area contributed by atoms with Gasteiger partial charge in [-0.3, -0.25) is 0 Å². The Kier molecular flexibility index (Phi) is 6.11. The zero-order valence-electron chi connectivity index (χ0n) is 13.2. The van der Waals surface area contributed by atoms with Crippen molar-refractivity contribution in [1.29, 1.82) is 0 Å². The highest BCUT2D eigenvalue weighted by molar-refractivity contribution is 4.87. The molecule has 3 atom stereocenters. The van der Waals surface area contributed by atoms with E-state index in [1.54, 1.807) is 0 Å². The van der Waals surface area contributed by atoms with Crippen molar-refractivity contribution < 1.29 is 0 Å². The van der Waals surface area contributed by atoms with Crippen LogP contribution < -0.4 is 5.32 Å². The molecule has 1 saturated heterocycles. The van der Waals surface area contributed by atoms with Crippen molar-refractivity contribution in [3.05, 3.63) is 0 Å². The van der Waals surface area contributed by atoms with Gasteiger partial charge in [-0.2, -0.15) is 0 Å². The minimum Gasteiger partial charge on any atom is -0.314 e. The summed E-state index contributed by atoms with van der Waals surface area (Å²) in [5, 5.41) is 3.76. The molecule has 0 amide bonds. The van der Waals surface area contributed by atoms with Crippen LogP contribution in [0.25, 0.3) is 0 Å². The molecule has 0 radical (unpaired) electrons. The van der Waals surface area contributed by atoms with Crippen molar-refractivity contribution in [1.82, 2.24) is 15.1 Å². The quantitative estimate of drug-likeness (QED) is 0.796. The number of rotatable bonds is 6. The number of piperidine rings is 1. The Hall–Kier alpha value is -0.120. The van der Waals surface area contributed by atoms with E-state index in [0.29, 0.717) is 0 Å². The number of nitrogens with one attached hydrogen (secondary N) is 1. The zero-order valence-corrected chi connectivity index (χ0v) is 13.2. The molecule has 1 aliphatic heterocycles. The van der Waals surface area contributed by atoms with Gasteiger partial charge >= 0.3 is 0 Å². The molecule has 0 spiro atoms. The van der Waals surface area contributed by atoms with Gasteiger partial charge in [-0.15, -0.1) is 0 Å². The summed E-state index contributed by atoms with van der Waals surface area (Å²) in [4.78, 5) is 5.14. The molecule has 0 bridgehead atoms. The van der Waals surface area contributed by atoms with Crippen molar-refractivity contribution in [2.75, 3.05) is 40.3 Å². The van der Waals surface area contributed by atoms with Gasteiger partial charge in [0, 0.05) is 25.2 Å². The SMILES string of the molecule is CCCNC1CCCC1CN(C)C1CCCN(C)C1. The van der Waals surface area contributed by atoms with E-state index in [1.807, 2.05) is 0 Å². The predicted octanol–water partition coefficient (Wildman–Crippen LogP) is 2.18. The molecule has 0 aromatic rings. The molecule has 1 heterocycles. The van der Waals surface area contributed by atoms with Crippen LogP contribution in [0.3, 0.4) is 0 Å². The highest BCUT2D eigenvalue weighted by Gasteiger charge is 2.30. The topological polar surface area (TPSA) is 18.5 Å². The summed E-state index contributed by atoms with van der Waals surface area (Å²) in [5.41, 5.74) is 0. The van der Waals surface area contributed by atoms with Crippen LogP contribution in [0.15, 0.2) is 0 Å². The van der Waals surface area contributed by atoms with Crippen molar-refractivity contribution in [3.8, 4) is 0 Å². The summed E-state index contributed by atoms with van der Waals surface area (Å²) in [5.74, 6) is 0.879. The highest BCUT2D eigenvalue weighted by atomic mass is 15.2. The monoisotopic (exact) mass is 267 g/mol. The van der Waals surface area contributed by atoms with Crippen LogP contribution in [0.5, 0.6) is 0 Å². The average molecular weight is 267 g/mol. The van der Waals surface area contributed by atoms with Gasteiger partial charge in [-0.25, -0.2) is 0 Å². The van der Waals surface area contributed by atoms with Crippen LogP contribution in [0.1, 0.15) is 45.4 Å². The van der Waals surface area contributed by atoms with E-state index in [4.69, 9.17) is 0 Å². The third kappa shape index (κ3) is 4.44. The minimum absolute atomic E-state index is 0.781. The van der Waals surface area contributed by atoms with E-state index in [0.717, 1.165) is 18.0 Å². The third-order valence-corrected chi connectivity index (χ3v) is 5.06. The van der Waals surface area contributed by atoms with Crippen molar-refractivity contribution in [2.24, 2.45) is 5.92 Å². The fraction of sp³-hybridized carbons (Fsp3) is 1.00. The van der Waals surface area contributed by atoms with E-state index in [2.05, 4.69) is 36.1 Å². The summed E-state index contributed by atoms with van der Waals surface area (Å²) in [6, 6.07) is 1.56. The molecule has 2 fully saturated rings. The lowest BCUT2D eigenvalue weighted by Gasteiger charge is -2.38. The lowest BCUT2D eigenvalue weighted by molar-refractivity contribution is 0.116. The molecule has 2 aliphatic rings. The first-order valence-electron chi connectivity index (χ1n) is 8.33. The van der Waals surface area contributed by atoms with Crippen LogP contribution in [0.4, 0.5) is 0 Å². The maximum Gasteiger partial charge on any atom is 0.0220 e. The number of hydrogen-bond acceptors (Lipinski definition) is 3. The number of likely N-dealkylation sites (N-methyl/N-ethyl adjacent to an activating group) is 2. The van der Waals surface area contributed by atoms with Crippen LogP contribution in [0.2, 0.25) is 0 Å². The molecule has 0 aromatic heterocycles.